The molecule has 1 rings (SSSR count). The number of amides is 2. The zero-order valence-corrected chi connectivity index (χ0v) is 11.1. The molecule has 1 saturated carbocycles. The maximum absolute atomic E-state index is 11.9. The van der Waals surface area contributed by atoms with Crippen molar-refractivity contribution in [1.29, 1.82) is 0 Å². The van der Waals surface area contributed by atoms with Crippen molar-refractivity contribution in [2.24, 2.45) is 28.4 Å². The minimum atomic E-state index is -0.964. The lowest BCUT2D eigenvalue weighted by atomic mass is 9.92. The molecule has 6 heteroatoms. The maximum atomic E-state index is 11.9. The number of hydrogen-bond acceptors (Lipinski definition) is 3. The van der Waals surface area contributed by atoms with E-state index >= 15 is 0 Å². The molecule has 0 spiro atoms. The van der Waals surface area contributed by atoms with E-state index in [4.69, 9.17) is 10.8 Å². The van der Waals surface area contributed by atoms with E-state index in [1.54, 1.807) is 27.7 Å². The first-order valence-electron chi connectivity index (χ1n) is 5.82. The van der Waals surface area contributed by atoms with E-state index in [2.05, 4.69) is 5.32 Å². The highest BCUT2D eigenvalue weighted by Gasteiger charge is 2.65. The molecule has 1 aliphatic carbocycles. The fraction of sp³-hybridized carbons (Fsp3) is 0.750. The standard InChI is InChI=1S/C12H20N2O4/c1-11(2,10(13)18)5-14-8(15)6-7(9(16)17)12(6,3)4/h6-7H,5H2,1-4H3,(H2,13,18)(H,14,15)(H,16,17). The summed E-state index contributed by atoms with van der Waals surface area (Å²) in [7, 11) is 0. The van der Waals surface area contributed by atoms with Crippen molar-refractivity contribution >= 4 is 17.8 Å². The summed E-state index contributed by atoms with van der Waals surface area (Å²) >= 11 is 0. The Morgan fingerprint density at radius 1 is 1.28 bits per heavy atom. The Hall–Kier alpha value is -1.59. The van der Waals surface area contributed by atoms with E-state index in [-0.39, 0.29) is 12.5 Å². The summed E-state index contributed by atoms with van der Waals surface area (Å²) in [4.78, 5) is 33.9. The van der Waals surface area contributed by atoms with Crippen molar-refractivity contribution in [2.45, 2.75) is 27.7 Å². The number of nitrogens with one attached hydrogen (secondary N) is 1. The van der Waals surface area contributed by atoms with Gasteiger partial charge in [-0.2, -0.15) is 0 Å². The van der Waals surface area contributed by atoms with Crippen LogP contribution in [0.3, 0.4) is 0 Å². The van der Waals surface area contributed by atoms with Crippen LogP contribution in [0.2, 0.25) is 0 Å². The van der Waals surface area contributed by atoms with Crippen LogP contribution in [-0.4, -0.2) is 29.4 Å². The summed E-state index contributed by atoms with van der Waals surface area (Å²) < 4.78 is 0. The number of carbonyl (C=O) groups excluding carboxylic acids is 2. The van der Waals surface area contributed by atoms with Crippen LogP contribution >= 0.6 is 0 Å². The Kier molecular flexibility index (Phi) is 3.42. The number of nitrogens with two attached hydrogens (primary N) is 1. The quantitative estimate of drug-likeness (QED) is 0.641. The average molecular weight is 256 g/mol. The van der Waals surface area contributed by atoms with Crippen molar-refractivity contribution in [2.75, 3.05) is 6.54 Å². The molecule has 2 unspecified atom stereocenters. The molecule has 2 atom stereocenters. The van der Waals surface area contributed by atoms with Crippen molar-refractivity contribution < 1.29 is 19.5 Å². The highest BCUT2D eigenvalue weighted by atomic mass is 16.4. The molecular formula is C12H20N2O4. The molecule has 1 aliphatic rings. The molecule has 0 heterocycles. The second-order valence-electron chi connectivity index (χ2n) is 6.08. The van der Waals surface area contributed by atoms with Crippen LogP contribution < -0.4 is 11.1 Å². The molecule has 6 nitrogen and oxygen atoms in total. The number of carboxylic acids is 1. The molecule has 0 aromatic rings. The first kappa shape index (κ1) is 14.5. The lowest BCUT2D eigenvalue weighted by Crippen LogP contribution is -2.43. The zero-order chi connectivity index (χ0) is 14.3. The van der Waals surface area contributed by atoms with Crippen molar-refractivity contribution in [1.82, 2.24) is 5.32 Å². The molecule has 0 aliphatic heterocycles. The Bertz CT molecular complexity index is 401. The SMILES string of the molecule is CC(C)(CNC(=O)C1C(C(=O)O)C1(C)C)C(N)=O. The number of rotatable bonds is 5. The summed E-state index contributed by atoms with van der Waals surface area (Å²) in [6.07, 6.45) is 0. The Labute approximate surface area is 106 Å². The van der Waals surface area contributed by atoms with Crippen LogP contribution in [0.25, 0.3) is 0 Å². The van der Waals surface area contributed by atoms with Crippen molar-refractivity contribution in [3.05, 3.63) is 0 Å². The van der Waals surface area contributed by atoms with Gasteiger partial charge in [0.1, 0.15) is 0 Å². The van der Waals surface area contributed by atoms with Gasteiger partial charge in [0.25, 0.3) is 0 Å². The Morgan fingerprint density at radius 2 is 1.78 bits per heavy atom. The van der Waals surface area contributed by atoms with Gasteiger partial charge < -0.3 is 16.2 Å². The number of primary amides is 1. The zero-order valence-electron chi connectivity index (χ0n) is 11.1. The largest absolute Gasteiger partial charge is 0.481 e. The molecule has 0 saturated heterocycles. The van der Waals surface area contributed by atoms with Crippen LogP contribution in [-0.2, 0) is 14.4 Å². The number of hydrogen-bond donors (Lipinski definition) is 3. The second kappa shape index (κ2) is 4.26. The number of aliphatic carboxylic acids is 1. The summed E-state index contributed by atoms with van der Waals surface area (Å²) in [6, 6.07) is 0. The van der Waals surface area contributed by atoms with E-state index in [1.807, 2.05) is 0 Å². The molecule has 4 N–H and O–H groups in total. The number of carbonyl (C=O) groups is 3. The fourth-order valence-electron chi connectivity index (χ4n) is 2.09. The minimum absolute atomic E-state index is 0.111. The van der Waals surface area contributed by atoms with E-state index in [0.717, 1.165) is 0 Å². The average Bonchev–Trinajstić information content (AvgIpc) is 2.78. The number of carboxylic acid groups (broad SMARTS) is 1. The van der Waals surface area contributed by atoms with Crippen LogP contribution in [0.5, 0.6) is 0 Å². The first-order chi connectivity index (χ1) is 8.01. The Balaban J connectivity index is 2.59. The lowest BCUT2D eigenvalue weighted by Gasteiger charge is -2.20. The maximum Gasteiger partial charge on any atom is 0.307 e. The van der Waals surface area contributed by atoms with Crippen LogP contribution in [0, 0.1) is 22.7 Å². The van der Waals surface area contributed by atoms with Gasteiger partial charge in [0, 0.05) is 6.54 Å². The van der Waals surface area contributed by atoms with E-state index in [9.17, 15) is 14.4 Å². The van der Waals surface area contributed by atoms with Gasteiger partial charge in [-0.3, -0.25) is 14.4 Å². The summed E-state index contributed by atoms with van der Waals surface area (Å²) in [5, 5.41) is 11.6. The van der Waals surface area contributed by atoms with Crippen LogP contribution in [0.1, 0.15) is 27.7 Å². The van der Waals surface area contributed by atoms with Crippen LogP contribution in [0.4, 0.5) is 0 Å². The smallest absolute Gasteiger partial charge is 0.307 e. The van der Waals surface area contributed by atoms with Crippen molar-refractivity contribution in [3.8, 4) is 0 Å². The van der Waals surface area contributed by atoms with Gasteiger partial charge >= 0.3 is 5.97 Å². The van der Waals surface area contributed by atoms with Gasteiger partial charge in [-0.1, -0.05) is 13.8 Å². The van der Waals surface area contributed by atoms with E-state index in [0.29, 0.717) is 0 Å². The predicted molar refractivity (Wildman–Crippen MR) is 64.4 cm³/mol. The van der Waals surface area contributed by atoms with Gasteiger partial charge in [0.2, 0.25) is 11.8 Å². The summed E-state index contributed by atoms with van der Waals surface area (Å²) in [6.45, 7) is 6.86. The first-order valence-corrected chi connectivity index (χ1v) is 5.82. The summed E-state index contributed by atoms with van der Waals surface area (Å²) in [5.41, 5.74) is 3.82. The topological polar surface area (TPSA) is 109 Å². The lowest BCUT2D eigenvalue weighted by molar-refractivity contribution is -0.140. The van der Waals surface area contributed by atoms with E-state index in [1.165, 1.54) is 0 Å². The third-order valence-electron chi connectivity index (χ3n) is 3.75. The molecule has 1 fully saturated rings. The molecule has 0 aromatic heterocycles. The predicted octanol–water partition coefficient (Wildman–Crippen LogP) is -0.0291. The van der Waals surface area contributed by atoms with E-state index < -0.39 is 34.5 Å². The molecule has 0 bridgehead atoms. The van der Waals surface area contributed by atoms with Crippen molar-refractivity contribution in [3.63, 3.8) is 0 Å². The minimum Gasteiger partial charge on any atom is -0.481 e. The third kappa shape index (κ3) is 2.47. The molecule has 0 aromatic carbocycles. The van der Waals surface area contributed by atoms with Gasteiger partial charge in [0.15, 0.2) is 0 Å². The van der Waals surface area contributed by atoms with Crippen LogP contribution in [0.15, 0.2) is 0 Å². The van der Waals surface area contributed by atoms with Gasteiger partial charge in [-0.25, -0.2) is 0 Å². The fourth-order valence-corrected chi connectivity index (χ4v) is 2.09. The molecule has 102 valence electrons. The monoisotopic (exact) mass is 256 g/mol. The molecule has 2 amide bonds. The van der Waals surface area contributed by atoms with Gasteiger partial charge in [0.05, 0.1) is 17.3 Å². The highest BCUT2D eigenvalue weighted by Crippen LogP contribution is 2.58. The molecule has 18 heavy (non-hydrogen) atoms. The Morgan fingerprint density at radius 3 is 2.11 bits per heavy atom. The third-order valence-corrected chi connectivity index (χ3v) is 3.75. The van der Waals surface area contributed by atoms with Gasteiger partial charge in [-0.15, -0.1) is 0 Å². The second-order valence-corrected chi connectivity index (χ2v) is 6.08. The molecule has 0 radical (unpaired) electrons. The van der Waals surface area contributed by atoms with Gasteiger partial charge in [-0.05, 0) is 19.3 Å². The molecular weight excluding hydrogens is 236 g/mol. The normalized spacial score (nSPS) is 25.3. The summed E-state index contributed by atoms with van der Waals surface area (Å²) in [5.74, 6) is -3.00. The highest BCUT2D eigenvalue weighted by molar-refractivity contribution is 5.92.